The second-order valence-corrected chi connectivity index (χ2v) is 7.39. The van der Waals surface area contributed by atoms with Crippen molar-refractivity contribution in [3.05, 3.63) is 35.7 Å². The standard InChI is InChI=1S/C20H23N3O3S/c1-3-4-7-24-17-5-6-21-16(13(17)2)12-27-20-22-14-10-18-19(11-15(14)23-20)26-9-8-25-18/h5-6,10-11H,3-4,7-9,12H2,1-2H3,(H,22,23). The van der Waals surface area contributed by atoms with E-state index in [0.29, 0.717) is 13.2 Å². The van der Waals surface area contributed by atoms with Crippen molar-refractivity contribution >= 4 is 22.8 Å². The van der Waals surface area contributed by atoms with Crippen LogP contribution >= 0.6 is 11.8 Å². The van der Waals surface area contributed by atoms with Crippen LogP contribution in [0.5, 0.6) is 17.2 Å². The van der Waals surface area contributed by atoms with Crippen LogP contribution in [-0.4, -0.2) is 34.8 Å². The topological polar surface area (TPSA) is 69.3 Å². The van der Waals surface area contributed by atoms with Crippen LogP contribution in [0.2, 0.25) is 0 Å². The molecule has 142 valence electrons. The Morgan fingerprint density at radius 2 is 2.04 bits per heavy atom. The van der Waals surface area contributed by atoms with Gasteiger partial charge in [-0.3, -0.25) is 4.98 Å². The Morgan fingerprint density at radius 1 is 1.22 bits per heavy atom. The van der Waals surface area contributed by atoms with E-state index in [4.69, 9.17) is 14.2 Å². The Hall–Kier alpha value is -2.41. The van der Waals surface area contributed by atoms with E-state index in [2.05, 4.69) is 28.8 Å². The monoisotopic (exact) mass is 385 g/mol. The van der Waals surface area contributed by atoms with E-state index in [0.717, 1.165) is 69.9 Å². The average molecular weight is 385 g/mol. The lowest BCUT2D eigenvalue weighted by atomic mass is 10.2. The first-order chi connectivity index (χ1) is 13.2. The summed E-state index contributed by atoms with van der Waals surface area (Å²) in [6, 6.07) is 5.81. The maximum absolute atomic E-state index is 5.87. The van der Waals surface area contributed by atoms with Gasteiger partial charge in [-0.2, -0.15) is 0 Å². The number of hydrogen-bond donors (Lipinski definition) is 1. The maximum atomic E-state index is 5.87. The number of benzene rings is 1. The summed E-state index contributed by atoms with van der Waals surface area (Å²) >= 11 is 1.63. The van der Waals surface area contributed by atoms with Gasteiger partial charge in [-0.05, 0) is 19.4 Å². The molecule has 27 heavy (non-hydrogen) atoms. The Bertz CT molecular complexity index is 899. The minimum Gasteiger partial charge on any atom is -0.493 e. The number of nitrogens with zero attached hydrogens (tertiary/aromatic N) is 2. The molecule has 1 aliphatic heterocycles. The van der Waals surface area contributed by atoms with E-state index < -0.39 is 0 Å². The van der Waals surface area contributed by atoms with Gasteiger partial charge in [0, 0.05) is 29.6 Å². The number of unbranched alkanes of at least 4 members (excludes halogenated alkanes) is 1. The fourth-order valence-electron chi connectivity index (χ4n) is 2.92. The smallest absolute Gasteiger partial charge is 0.166 e. The minimum absolute atomic E-state index is 0.576. The first-order valence-corrected chi connectivity index (χ1v) is 10.2. The number of rotatable bonds is 7. The van der Waals surface area contributed by atoms with E-state index >= 15 is 0 Å². The van der Waals surface area contributed by atoms with Crippen molar-refractivity contribution < 1.29 is 14.2 Å². The molecule has 0 saturated carbocycles. The second-order valence-electron chi connectivity index (χ2n) is 6.43. The molecule has 0 radical (unpaired) electrons. The molecule has 0 bridgehead atoms. The molecule has 0 aliphatic carbocycles. The number of ether oxygens (including phenoxy) is 3. The lowest BCUT2D eigenvalue weighted by molar-refractivity contribution is 0.172. The van der Waals surface area contributed by atoms with Crippen LogP contribution in [0.1, 0.15) is 31.0 Å². The molecule has 7 heteroatoms. The fourth-order valence-corrected chi connectivity index (χ4v) is 3.83. The quantitative estimate of drug-likeness (QED) is 0.477. The number of nitrogens with one attached hydrogen (secondary N) is 1. The Labute approximate surface area is 162 Å². The molecule has 1 aromatic carbocycles. The zero-order valence-electron chi connectivity index (χ0n) is 15.6. The van der Waals surface area contributed by atoms with E-state index in [1.54, 1.807) is 11.8 Å². The number of thioether (sulfide) groups is 1. The third kappa shape index (κ3) is 3.98. The summed E-state index contributed by atoms with van der Waals surface area (Å²) in [6.45, 7) is 6.12. The fraction of sp³-hybridized carbons (Fsp3) is 0.400. The molecule has 6 nitrogen and oxygen atoms in total. The summed E-state index contributed by atoms with van der Waals surface area (Å²) in [7, 11) is 0. The highest BCUT2D eigenvalue weighted by molar-refractivity contribution is 7.98. The maximum Gasteiger partial charge on any atom is 0.166 e. The van der Waals surface area contributed by atoms with Gasteiger partial charge in [0.25, 0.3) is 0 Å². The number of hydrogen-bond acceptors (Lipinski definition) is 6. The average Bonchev–Trinajstić information content (AvgIpc) is 3.08. The Balaban J connectivity index is 1.47. The Morgan fingerprint density at radius 3 is 2.85 bits per heavy atom. The molecule has 1 N–H and O–H groups in total. The predicted molar refractivity (Wildman–Crippen MR) is 106 cm³/mol. The zero-order valence-corrected chi connectivity index (χ0v) is 16.4. The number of pyridine rings is 1. The molecule has 4 rings (SSSR count). The van der Waals surface area contributed by atoms with Crippen LogP contribution in [0.15, 0.2) is 29.6 Å². The van der Waals surface area contributed by atoms with Gasteiger partial charge >= 0.3 is 0 Å². The number of fused-ring (bicyclic) bond motifs is 2. The van der Waals surface area contributed by atoms with Crippen LogP contribution in [0.25, 0.3) is 11.0 Å². The molecular weight excluding hydrogens is 362 g/mol. The minimum atomic E-state index is 0.576. The molecule has 1 aliphatic rings. The van der Waals surface area contributed by atoms with Gasteiger partial charge in [-0.25, -0.2) is 4.98 Å². The van der Waals surface area contributed by atoms with Crippen molar-refractivity contribution in [1.29, 1.82) is 0 Å². The molecular formula is C20H23N3O3S. The van der Waals surface area contributed by atoms with Crippen molar-refractivity contribution in [3.63, 3.8) is 0 Å². The first-order valence-electron chi connectivity index (χ1n) is 9.24. The first kappa shape index (κ1) is 18.0. The van der Waals surface area contributed by atoms with Gasteiger partial charge in [0.05, 0.1) is 23.3 Å². The zero-order chi connectivity index (χ0) is 18.6. The highest BCUT2D eigenvalue weighted by Crippen LogP contribution is 2.35. The molecule has 3 heterocycles. The lowest BCUT2D eigenvalue weighted by Gasteiger charge is -2.17. The van der Waals surface area contributed by atoms with Gasteiger partial charge in [0.15, 0.2) is 16.7 Å². The van der Waals surface area contributed by atoms with Crippen molar-refractivity contribution in [2.45, 2.75) is 37.6 Å². The highest BCUT2D eigenvalue weighted by atomic mass is 32.2. The normalized spacial score (nSPS) is 13.1. The second kappa shape index (κ2) is 8.08. The van der Waals surface area contributed by atoms with Gasteiger partial charge in [0.2, 0.25) is 0 Å². The molecule has 0 atom stereocenters. The van der Waals surface area contributed by atoms with Crippen LogP contribution in [-0.2, 0) is 5.75 Å². The van der Waals surface area contributed by atoms with E-state index in [-0.39, 0.29) is 0 Å². The molecule has 0 saturated heterocycles. The molecule has 0 amide bonds. The highest BCUT2D eigenvalue weighted by Gasteiger charge is 2.15. The van der Waals surface area contributed by atoms with E-state index in [1.807, 2.05) is 24.4 Å². The number of aromatic amines is 1. The van der Waals surface area contributed by atoms with Crippen molar-refractivity contribution in [2.75, 3.05) is 19.8 Å². The summed E-state index contributed by atoms with van der Waals surface area (Å²) in [5, 5.41) is 0.853. The van der Waals surface area contributed by atoms with Crippen LogP contribution in [0, 0.1) is 6.92 Å². The van der Waals surface area contributed by atoms with Gasteiger partial charge in [0.1, 0.15) is 19.0 Å². The van der Waals surface area contributed by atoms with Crippen LogP contribution in [0.3, 0.4) is 0 Å². The molecule has 0 spiro atoms. The van der Waals surface area contributed by atoms with Gasteiger partial charge in [-0.1, -0.05) is 25.1 Å². The summed E-state index contributed by atoms with van der Waals surface area (Å²) in [4.78, 5) is 12.5. The van der Waals surface area contributed by atoms with Crippen molar-refractivity contribution in [1.82, 2.24) is 15.0 Å². The van der Waals surface area contributed by atoms with Crippen LogP contribution < -0.4 is 14.2 Å². The predicted octanol–water partition coefficient (Wildman–Crippen LogP) is 4.51. The lowest BCUT2D eigenvalue weighted by Crippen LogP contribution is -2.15. The van der Waals surface area contributed by atoms with Gasteiger partial charge in [-0.15, -0.1) is 0 Å². The summed E-state index contributed by atoms with van der Waals surface area (Å²) in [6.07, 6.45) is 3.99. The third-order valence-electron chi connectivity index (χ3n) is 4.48. The summed E-state index contributed by atoms with van der Waals surface area (Å²) < 4.78 is 17.1. The van der Waals surface area contributed by atoms with Crippen molar-refractivity contribution in [2.24, 2.45) is 0 Å². The number of H-pyrrole nitrogens is 1. The van der Waals surface area contributed by atoms with Crippen molar-refractivity contribution in [3.8, 4) is 17.2 Å². The molecule has 0 unspecified atom stereocenters. The van der Waals surface area contributed by atoms with Gasteiger partial charge < -0.3 is 19.2 Å². The number of imidazole rings is 1. The SMILES string of the molecule is CCCCOc1ccnc(CSc2nc3cc4c(cc3[nH]2)OCCO4)c1C. The third-order valence-corrected chi connectivity index (χ3v) is 5.37. The van der Waals surface area contributed by atoms with E-state index in [1.165, 1.54) is 0 Å². The van der Waals surface area contributed by atoms with E-state index in [9.17, 15) is 0 Å². The van der Waals surface area contributed by atoms with Crippen LogP contribution in [0.4, 0.5) is 0 Å². The Kier molecular flexibility index (Phi) is 5.38. The molecule has 3 aromatic rings. The summed E-state index contributed by atoms with van der Waals surface area (Å²) in [5.41, 5.74) is 3.93. The summed E-state index contributed by atoms with van der Waals surface area (Å²) in [5.74, 6) is 3.17. The molecule has 2 aromatic heterocycles. The largest absolute Gasteiger partial charge is 0.493 e. The molecule has 0 fully saturated rings. The number of aromatic nitrogens is 3.